The third-order valence-electron chi connectivity index (χ3n) is 4.71. The Labute approximate surface area is 118 Å². The molecule has 0 spiro atoms. The first-order chi connectivity index (χ1) is 9.07. The number of unbranched alkanes of at least 4 members (excludes halogenated alkanes) is 1. The highest BCUT2D eigenvalue weighted by Crippen LogP contribution is 2.37. The number of nitrogens with zero attached hydrogens (tertiary/aromatic N) is 2. The van der Waals surface area contributed by atoms with Gasteiger partial charge in [0.15, 0.2) is 0 Å². The van der Waals surface area contributed by atoms with E-state index in [0.717, 1.165) is 32.2 Å². The molecule has 1 saturated heterocycles. The third kappa shape index (κ3) is 3.31. The van der Waals surface area contributed by atoms with Crippen molar-refractivity contribution < 1.29 is 8.42 Å². The highest BCUT2D eigenvalue weighted by atomic mass is 32.2. The molecule has 2 aliphatic rings. The van der Waals surface area contributed by atoms with Gasteiger partial charge in [0.05, 0.1) is 0 Å². The Balaban J connectivity index is 2.09. The number of fused-ring (bicyclic) bond motifs is 1. The van der Waals surface area contributed by atoms with Crippen LogP contribution < -0.4 is 0 Å². The van der Waals surface area contributed by atoms with Crippen molar-refractivity contribution in [3.05, 3.63) is 0 Å². The minimum atomic E-state index is -3.24. The molecule has 0 N–H and O–H groups in total. The zero-order valence-electron chi connectivity index (χ0n) is 12.3. The average Bonchev–Trinajstić information content (AvgIpc) is 2.43. The van der Waals surface area contributed by atoms with E-state index in [1.165, 1.54) is 25.7 Å². The van der Waals surface area contributed by atoms with Gasteiger partial charge < -0.3 is 0 Å². The van der Waals surface area contributed by atoms with Crippen LogP contribution in [0.15, 0.2) is 0 Å². The first-order valence-corrected chi connectivity index (χ1v) is 9.20. The third-order valence-corrected chi connectivity index (χ3v) is 6.73. The van der Waals surface area contributed by atoms with Gasteiger partial charge in [-0.1, -0.05) is 26.2 Å². The summed E-state index contributed by atoms with van der Waals surface area (Å²) in [5.74, 6) is 0.608. The second kappa shape index (κ2) is 6.55. The first-order valence-electron chi connectivity index (χ1n) is 7.80. The topological polar surface area (TPSA) is 40.6 Å². The van der Waals surface area contributed by atoms with Crippen molar-refractivity contribution in [1.29, 1.82) is 0 Å². The molecule has 0 amide bonds. The standard InChI is InChI=1S/C14H28N2O2S/c1-3-4-11-15(2)19(17,18)16-12-7-9-13-8-5-6-10-14(13)16/h13-14H,3-12H2,1-2H3. The molecule has 0 aromatic rings. The van der Waals surface area contributed by atoms with Gasteiger partial charge in [-0.2, -0.15) is 17.0 Å². The van der Waals surface area contributed by atoms with E-state index in [1.54, 1.807) is 11.4 Å². The molecule has 112 valence electrons. The van der Waals surface area contributed by atoms with E-state index < -0.39 is 10.2 Å². The molecular formula is C14H28N2O2S. The Bertz CT molecular complexity index is 381. The normalized spacial score (nSPS) is 29.4. The molecule has 2 rings (SSSR count). The Morgan fingerprint density at radius 2 is 1.84 bits per heavy atom. The largest absolute Gasteiger partial charge is 0.281 e. The van der Waals surface area contributed by atoms with E-state index >= 15 is 0 Å². The van der Waals surface area contributed by atoms with Crippen LogP contribution in [-0.4, -0.2) is 43.2 Å². The van der Waals surface area contributed by atoms with Crippen LogP contribution in [0.2, 0.25) is 0 Å². The first kappa shape index (κ1) is 15.3. The molecule has 1 aliphatic heterocycles. The predicted octanol–water partition coefficient (Wildman–Crippen LogP) is 2.62. The van der Waals surface area contributed by atoms with Crippen molar-refractivity contribution in [2.45, 2.75) is 64.3 Å². The summed E-state index contributed by atoms with van der Waals surface area (Å²) in [5, 5.41) is 0. The Kier molecular flexibility index (Phi) is 5.26. The summed E-state index contributed by atoms with van der Waals surface area (Å²) in [4.78, 5) is 0. The van der Waals surface area contributed by atoms with E-state index in [1.807, 2.05) is 4.31 Å². The molecule has 2 unspecified atom stereocenters. The lowest BCUT2D eigenvalue weighted by Gasteiger charge is -2.44. The maximum atomic E-state index is 12.7. The molecular weight excluding hydrogens is 260 g/mol. The Morgan fingerprint density at radius 1 is 1.16 bits per heavy atom. The molecule has 0 aromatic carbocycles. The van der Waals surface area contributed by atoms with Gasteiger partial charge in [-0.15, -0.1) is 0 Å². The van der Waals surface area contributed by atoms with Crippen molar-refractivity contribution in [2.24, 2.45) is 5.92 Å². The van der Waals surface area contributed by atoms with Crippen LogP contribution >= 0.6 is 0 Å². The summed E-state index contributed by atoms with van der Waals surface area (Å²) in [5.41, 5.74) is 0. The number of hydrogen-bond donors (Lipinski definition) is 0. The zero-order chi connectivity index (χ0) is 13.9. The van der Waals surface area contributed by atoms with E-state index in [2.05, 4.69) is 6.92 Å². The minimum Gasteiger partial charge on any atom is -0.195 e. The van der Waals surface area contributed by atoms with Gasteiger partial charge in [0.1, 0.15) is 0 Å². The molecule has 5 heteroatoms. The van der Waals surface area contributed by atoms with Gasteiger partial charge in [-0.05, 0) is 38.0 Å². The molecule has 0 radical (unpaired) electrons. The van der Waals surface area contributed by atoms with Crippen LogP contribution in [0.5, 0.6) is 0 Å². The summed E-state index contributed by atoms with van der Waals surface area (Å²) in [6, 6.07) is 0.275. The molecule has 4 nitrogen and oxygen atoms in total. The molecule has 0 aromatic heterocycles. The second-order valence-electron chi connectivity index (χ2n) is 6.05. The fourth-order valence-corrected chi connectivity index (χ4v) is 5.24. The van der Waals surface area contributed by atoms with Crippen LogP contribution in [0, 0.1) is 5.92 Å². The van der Waals surface area contributed by atoms with Crippen molar-refractivity contribution in [3.63, 3.8) is 0 Å². The number of rotatable bonds is 5. The van der Waals surface area contributed by atoms with Gasteiger partial charge in [0.2, 0.25) is 0 Å². The second-order valence-corrected chi connectivity index (χ2v) is 8.04. The summed E-state index contributed by atoms with van der Waals surface area (Å²) >= 11 is 0. The van der Waals surface area contributed by atoms with Crippen LogP contribution in [-0.2, 0) is 10.2 Å². The van der Waals surface area contributed by atoms with Gasteiger partial charge in [0, 0.05) is 26.2 Å². The lowest BCUT2D eigenvalue weighted by molar-refractivity contribution is 0.123. The van der Waals surface area contributed by atoms with E-state index in [0.29, 0.717) is 12.5 Å². The van der Waals surface area contributed by atoms with Gasteiger partial charge >= 0.3 is 0 Å². The Morgan fingerprint density at radius 3 is 2.58 bits per heavy atom. The molecule has 19 heavy (non-hydrogen) atoms. The van der Waals surface area contributed by atoms with Crippen molar-refractivity contribution in [2.75, 3.05) is 20.1 Å². The SMILES string of the molecule is CCCCN(C)S(=O)(=O)N1CCCC2CCCCC21. The van der Waals surface area contributed by atoms with Crippen LogP contribution in [0.25, 0.3) is 0 Å². The fraction of sp³-hybridized carbons (Fsp3) is 1.00. The maximum absolute atomic E-state index is 12.7. The maximum Gasteiger partial charge on any atom is 0.281 e. The average molecular weight is 288 g/mol. The fourth-order valence-electron chi connectivity index (χ4n) is 3.54. The molecule has 1 heterocycles. The quantitative estimate of drug-likeness (QED) is 0.780. The molecule has 1 saturated carbocycles. The van der Waals surface area contributed by atoms with Gasteiger partial charge in [-0.25, -0.2) is 0 Å². The Hall–Kier alpha value is -0.130. The van der Waals surface area contributed by atoms with Gasteiger partial charge in [0.25, 0.3) is 10.2 Å². The minimum absolute atomic E-state index is 0.275. The smallest absolute Gasteiger partial charge is 0.195 e. The van der Waals surface area contributed by atoms with Crippen LogP contribution in [0.1, 0.15) is 58.3 Å². The highest BCUT2D eigenvalue weighted by Gasteiger charge is 2.40. The highest BCUT2D eigenvalue weighted by molar-refractivity contribution is 7.86. The van der Waals surface area contributed by atoms with Crippen LogP contribution in [0.4, 0.5) is 0 Å². The van der Waals surface area contributed by atoms with Crippen LogP contribution in [0.3, 0.4) is 0 Å². The van der Waals surface area contributed by atoms with E-state index in [4.69, 9.17) is 0 Å². The van der Waals surface area contributed by atoms with Crippen molar-refractivity contribution >= 4 is 10.2 Å². The summed E-state index contributed by atoms with van der Waals surface area (Å²) in [6.45, 7) is 3.46. The summed E-state index contributed by atoms with van der Waals surface area (Å²) < 4.78 is 28.8. The number of hydrogen-bond acceptors (Lipinski definition) is 2. The molecule has 2 fully saturated rings. The summed E-state index contributed by atoms with van der Waals surface area (Å²) in [7, 11) is -1.50. The van der Waals surface area contributed by atoms with Gasteiger partial charge in [-0.3, -0.25) is 0 Å². The summed E-state index contributed by atoms with van der Waals surface area (Å²) in [6.07, 6.45) is 8.97. The van der Waals surface area contributed by atoms with E-state index in [-0.39, 0.29) is 6.04 Å². The molecule has 1 aliphatic carbocycles. The monoisotopic (exact) mass is 288 g/mol. The lowest BCUT2D eigenvalue weighted by Crippen LogP contribution is -2.53. The molecule has 0 bridgehead atoms. The zero-order valence-corrected chi connectivity index (χ0v) is 13.2. The molecule has 2 atom stereocenters. The van der Waals surface area contributed by atoms with Crippen molar-refractivity contribution in [1.82, 2.24) is 8.61 Å². The van der Waals surface area contributed by atoms with E-state index in [9.17, 15) is 8.42 Å². The number of piperidine rings is 1. The van der Waals surface area contributed by atoms with Crippen molar-refractivity contribution in [3.8, 4) is 0 Å². The lowest BCUT2D eigenvalue weighted by atomic mass is 9.79. The predicted molar refractivity (Wildman–Crippen MR) is 78.1 cm³/mol.